The second-order valence-corrected chi connectivity index (χ2v) is 4.62. The van der Waals surface area contributed by atoms with Crippen molar-refractivity contribution < 1.29 is 5.11 Å². The largest absolute Gasteiger partial charge is 0.386 e. The van der Waals surface area contributed by atoms with Crippen LogP contribution in [0, 0.1) is 20.8 Å². The number of rotatable bonds is 3. The molecule has 2 rings (SSSR count). The highest BCUT2D eigenvalue weighted by Gasteiger charge is 2.11. The molecule has 0 aliphatic rings. The van der Waals surface area contributed by atoms with Crippen molar-refractivity contribution in [2.45, 2.75) is 33.4 Å². The van der Waals surface area contributed by atoms with Crippen LogP contribution < -0.4 is 0 Å². The first kappa shape index (κ1) is 11.9. The minimum atomic E-state index is -0.505. The van der Waals surface area contributed by atoms with Crippen molar-refractivity contribution in [1.29, 1.82) is 0 Å². The van der Waals surface area contributed by atoms with Crippen molar-refractivity contribution >= 4 is 0 Å². The number of aliphatic hydroxyl groups is 1. The summed E-state index contributed by atoms with van der Waals surface area (Å²) in [5.74, 6) is 0. The van der Waals surface area contributed by atoms with Crippen molar-refractivity contribution in [3.05, 3.63) is 52.8 Å². The second-order valence-electron chi connectivity index (χ2n) is 4.62. The first-order valence-corrected chi connectivity index (χ1v) is 5.80. The summed E-state index contributed by atoms with van der Waals surface area (Å²) in [5, 5.41) is 14.4. The highest BCUT2D eigenvalue weighted by Crippen LogP contribution is 2.20. The summed E-state index contributed by atoms with van der Waals surface area (Å²) in [5.41, 5.74) is 4.38. The molecule has 1 unspecified atom stereocenters. The summed E-state index contributed by atoms with van der Waals surface area (Å²) in [7, 11) is 0. The fraction of sp³-hybridized carbons (Fsp3) is 0.357. The molecule has 0 fully saturated rings. The maximum absolute atomic E-state index is 10.2. The molecule has 0 aliphatic heterocycles. The summed E-state index contributed by atoms with van der Waals surface area (Å²) in [6.07, 6.45) is 3.23. The molecule has 1 heterocycles. The van der Waals surface area contributed by atoms with E-state index < -0.39 is 6.10 Å². The SMILES string of the molecule is Cc1ccc(C)c(C(O)Cn2cc(C)cn2)c1. The number of nitrogens with zero attached hydrogens (tertiary/aromatic N) is 2. The third-order valence-electron chi connectivity index (χ3n) is 2.92. The Labute approximate surface area is 102 Å². The lowest BCUT2D eigenvalue weighted by molar-refractivity contribution is 0.151. The Morgan fingerprint density at radius 2 is 2.00 bits per heavy atom. The molecular formula is C14H18N2O. The molecule has 0 radical (unpaired) electrons. The maximum Gasteiger partial charge on any atom is 0.0988 e. The van der Waals surface area contributed by atoms with Gasteiger partial charge in [0.25, 0.3) is 0 Å². The van der Waals surface area contributed by atoms with Crippen LogP contribution in [0.25, 0.3) is 0 Å². The predicted octanol–water partition coefficient (Wildman–Crippen LogP) is 2.54. The molecule has 1 aromatic carbocycles. The summed E-state index contributed by atoms with van der Waals surface area (Å²) >= 11 is 0. The van der Waals surface area contributed by atoms with Gasteiger partial charge in [-0.1, -0.05) is 23.8 Å². The van der Waals surface area contributed by atoms with Crippen molar-refractivity contribution in [3.8, 4) is 0 Å². The first-order valence-electron chi connectivity index (χ1n) is 5.80. The number of aryl methyl sites for hydroxylation is 3. The molecule has 1 aromatic heterocycles. The van der Waals surface area contributed by atoms with E-state index in [-0.39, 0.29) is 0 Å². The monoisotopic (exact) mass is 230 g/mol. The van der Waals surface area contributed by atoms with Crippen LogP contribution in [-0.2, 0) is 6.54 Å². The van der Waals surface area contributed by atoms with Crippen LogP contribution in [0.4, 0.5) is 0 Å². The Hall–Kier alpha value is -1.61. The molecule has 3 nitrogen and oxygen atoms in total. The Morgan fingerprint density at radius 3 is 2.65 bits per heavy atom. The molecule has 1 N–H and O–H groups in total. The van der Waals surface area contributed by atoms with E-state index in [1.165, 1.54) is 5.56 Å². The Bertz CT molecular complexity index is 517. The van der Waals surface area contributed by atoms with E-state index in [1.807, 2.05) is 39.1 Å². The lowest BCUT2D eigenvalue weighted by atomic mass is 10.0. The third kappa shape index (κ3) is 2.74. The molecule has 0 amide bonds. The molecule has 0 aliphatic carbocycles. The number of hydrogen-bond donors (Lipinski definition) is 1. The normalized spacial score (nSPS) is 12.7. The standard InChI is InChI=1S/C14H18N2O/c1-10-4-5-12(3)13(6-10)14(17)9-16-8-11(2)7-15-16/h4-8,14,17H,9H2,1-3H3. The molecule has 90 valence electrons. The van der Waals surface area contributed by atoms with Crippen molar-refractivity contribution in [2.24, 2.45) is 0 Å². The van der Waals surface area contributed by atoms with Crippen LogP contribution in [-0.4, -0.2) is 14.9 Å². The quantitative estimate of drug-likeness (QED) is 0.880. The molecule has 0 saturated heterocycles. The fourth-order valence-electron chi connectivity index (χ4n) is 1.96. The van der Waals surface area contributed by atoms with E-state index in [9.17, 15) is 5.11 Å². The first-order chi connectivity index (χ1) is 8.06. The van der Waals surface area contributed by atoms with E-state index in [1.54, 1.807) is 10.9 Å². The van der Waals surface area contributed by atoms with E-state index in [2.05, 4.69) is 11.2 Å². The average Bonchev–Trinajstić information content (AvgIpc) is 2.67. The second kappa shape index (κ2) is 4.72. The lowest BCUT2D eigenvalue weighted by Gasteiger charge is -2.14. The van der Waals surface area contributed by atoms with Gasteiger partial charge in [-0.2, -0.15) is 5.10 Å². The Balaban J connectivity index is 2.19. The van der Waals surface area contributed by atoms with Gasteiger partial charge in [0, 0.05) is 6.20 Å². The highest BCUT2D eigenvalue weighted by molar-refractivity contribution is 5.32. The van der Waals surface area contributed by atoms with Crippen LogP contribution in [0.5, 0.6) is 0 Å². The van der Waals surface area contributed by atoms with Gasteiger partial charge in [0.05, 0.1) is 18.8 Å². The van der Waals surface area contributed by atoms with Crippen molar-refractivity contribution in [1.82, 2.24) is 9.78 Å². The van der Waals surface area contributed by atoms with Crippen LogP contribution in [0.3, 0.4) is 0 Å². The van der Waals surface area contributed by atoms with Gasteiger partial charge in [0.1, 0.15) is 0 Å². The Kier molecular flexibility index (Phi) is 3.29. The zero-order chi connectivity index (χ0) is 12.4. The third-order valence-corrected chi connectivity index (χ3v) is 2.92. The maximum atomic E-state index is 10.2. The van der Waals surface area contributed by atoms with Gasteiger partial charge in [-0.15, -0.1) is 0 Å². The van der Waals surface area contributed by atoms with Gasteiger partial charge in [-0.05, 0) is 37.5 Å². The van der Waals surface area contributed by atoms with E-state index >= 15 is 0 Å². The topological polar surface area (TPSA) is 38.0 Å². The van der Waals surface area contributed by atoms with E-state index in [4.69, 9.17) is 0 Å². The van der Waals surface area contributed by atoms with Gasteiger partial charge in [-0.3, -0.25) is 4.68 Å². The van der Waals surface area contributed by atoms with Crippen LogP contribution in [0.15, 0.2) is 30.6 Å². The Morgan fingerprint density at radius 1 is 1.24 bits per heavy atom. The molecule has 3 heteroatoms. The van der Waals surface area contributed by atoms with E-state index in [0.29, 0.717) is 6.54 Å². The number of aromatic nitrogens is 2. The summed E-state index contributed by atoms with van der Waals surface area (Å²) < 4.78 is 1.78. The zero-order valence-corrected chi connectivity index (χ0v) is 10.5. The highest BCUT2D eigenvalue weighted by atomic mass is 16.3. The molecule has 0 bridgehead atoms. The lowest BCUT2D eigenvalue weighted by Crippen LogP contribution is -2.10. The minimum absolute atomic E-state index is 0.498. The van der Waals surface area contributed by atoms with Crippen LogP contribution in [0.2, 0.25) is 0 Å². The summed E-state index contributed by atoms with van der Waals surface area (Å²) in [4.78, 5) is 0. The fourth-order valence-corrected chi connectivity index (χ4v) is 1.96. The molecule has 0 saturated carbocycles. The molecule has 17 heavy (non-hydrogen) atoms. The smallest absolute Gasteiger partial charge is 0.0988 e. The van der Waals surface area contributed by atoms with Gasteiger partial charge in [0.15, 0.2) is 0 Å². The van der Waals surface area contributed by atoms with Gasteiger partial charge < -0.3 is 5.11 Å². The number of benzene rings is 1. The van der Waals surface area contributed by atoms with Crippen LogP contribution >= 0.6 is 0 Å². The minimum Gasteiger partial charge on any atom is -0.386 e. The summed E-state index contributed by atoms with van der Waals surface area (Å²) in [6, 6.07) is 6.14. The van der Waals surface area contributed by atoms with Gasteiger partial charge >= 0.3 is 0 Å². The van der Waals surface area contributed by atoms with E-state index in [0.717, 1.165) is 16.7 Å². The van der Waals surface area contributed by atoms with Crippen LogP contribution in [0.1, 0.15) is 28.4 Å². The van der Waals surface area contributed by atoms with Gasteiger partial charge in [-0.25, -0.2) is 0 Å². The molecule has 1 atom stereocenters. The number of aliphatic hydroxyl groups excluding tert-OH is 1. The molecule has 0 spiro atoms. The predicted molar refractivity (Wildman–Crippen MR) is 67.8 cm³/mol. The zero-order valence-electron chi connectivity index (χ0n) is 10.5. The number of hydrogen-bond acceptors (Lipinski definition) is 2. The summed E-state index contributed by atoms with van der Waals surface area (Å²) in [6.45, 7) is 6.55. The van der Waals surface area contributed by atoms with Crippen molar-refractivity contribution in [2.75, 3.05) is 0 Å². The average molecular weight is 230 g/mol. The molecule has 2 aromatic rings. The van der Waals surface area contributed by atoms with Gasteiger partial charge in [0.2, 0.25) is 0 Å². The molecular weight excluding hydrogens is 212 g/mol. The van der Waals surface area contributed by atoms with Crippen molar-refractivity contribution in [3.63, 3.8) is 0 Å².